The number of imidazole rings is 1. The number of fused-ring (bicyclic) bond motifs is 1. The molecule has 3 heterocycles. The van der Waals surface area contributed by atoms with Crippen molar-refractivity contribution in [3.63, 3.8) is 0 Å². The van der Waals surface area contributed by atoms with Gasteiger partial charge in [-0.25, -0.2) is 4.98 Å². The van der Waals surface area contributed by atoms with Crippen LogP contribution >= 0.6 is 0 Å². The van der Waals surface area contributed by atoms with Crippen LogP contribution in [0.1, 0.15) is 32.6 Å². The first kappa shape index (κ1) is 12.2. The molecular weight excluding hydrogens is 240 g/mol. The molecule has 6 heteroatoms. The van der Waals surface area contributed by atoms with Crippen LogP contribution < -0.4 is 10.2 Å². The van der Waals surface area contributed by atoms with E-state index in [-0.39, 0.29) is 0 Å². The van der Waals surface area contributed by atoms with Gasteiger partial charge in [0.05, 0.1) is 6.33 Å². The molecule has 0 unspecified atom stereocenters. The van der Waals surface area contributed by atoms with Crippen molar-refractivity contribution in [1.82, 2.24) is 19.9 Å². The Labute approximate surface area is 112 Å². The van der Waals surface area contributed by atoms with Crippen LogP contribution in [0.2, 0.25) is 0 Å². The van der Waals surface area contributed by atoms with Gasteiger partial charge in [-0.1, -0.05) is 12.8 Å². The SMILES string of the molecule is CCNc1nc(N2CCCCCC2)c2[nH]cnc2n1. The Morgan fingerprint density at radius 1 is 1.21 bits per heavy atom. The molecule has 0 radical (unpaired) electrons. The maximum Gasteiger partial charge on any atom is 0.226 e. The van der Waals surface area contributed by atoms with Crippen LogP contribution in [0.4, 0.5) is 11.8 Å². The van der Waals surface area contributed by atoms with Crippen LogP contribution in [0, 0.1) is 0 Å². The van der Waals surface area contributed by atoms with E-state index in [1.807, 2.05) is 6.92 Å². The van der Waals surface area contributed by atoms with E-state index in [2.05, 4.69) is 30.2 Å². The zero-order valence-electron chi connectivity index (χ0n) is 11.3. The summed E-state index contributed by atoms with van der Waals surface area (Å²) in [5.74, 6) is 1.65. The lowest BCUT2D eigenvalue weighted by Gasteiger charge is -2.22. The second-order valence-corrected chi connectivity index (χ2v) is 4.90. The number of hydrogen-bond acceptors (Lipinski definition) is 5. The summed E-state index contributed by atoms with van der Waals surface area (Å²) in [7, 11) is 0. The Hall–Kier alpha value is -1.85. The molecule has 0 saturated carbocycles. The Bertz CT molecular complexity index is 541. The largest absolute Gasteiger partial charge is 0.355 e. The van der Waals surface area contributed by atoms with Gasteiger partial charge in [0, 0.05) is 19.6 Å². The van der Waals surface area contributed by atoms with Gasteiger partial charge < -0.3 is 15.2 Å². The van der Waals surface area contributed by atoms with Crippen molar-refractivity contribution in [2.45, 2.75) is 32.6 Å². The topological polar surface area (TPSA) is 69.7 Å². The standard InChI is InChI=1S/C13H20N6/c1-2-14-13-17-11-10(15-9-16-11)12(18-13)19-7-5-3-4-6-8-19/h9H,2-8H2,1H3,(H2,14,15,16,17,18). The Balaban J connectivity index is 2.01. The summed E-state index contributed by atoms with van der Waals surface area (Å²) in [6, 6.07) is 0. The van der Waals surface area contributed by atoms with Crippen LogP contribution in [0.25, 0.3) is 11.2 Å². The first-order valence-electron chi connectivity index (χ1n) is 7.08. The van der Waals surface area contributed by atoms with E-state index in [0.717, 1.165) is 36.6 Å². The highest BCUT2D eigenvalue weighted by Gasteiger charge is 2.17. The van der Waals surface area contributed by atoms with Gasteiger partial charge in [-0.2, -0.15) is 9.97 Å². The van der Waals surface area contributed by atoms with Crippen LogP contribution in [-0.2, 0) is 0 Å². The van der Waals surface area contributed by atoms with Crippen molar-refractivity contribution in [3.8, 4) is 0 Å². The smallest absolute Gasteiger partial charge is 0.226 e. The van der Waals surface area contributed by atoms with E-state index in [1.54, 1.807) is 6.33 Å². The average molecular weight is 260 g/mol. The summed E-state index contributed by atoms with van der Waals surface area (Å²) in [5, 5.41) is 3.18. The van der Waals surface area contributed by atoms with Gasteiger partial charge in [0.1, 0.15) is 5.52 Å². The fourth-order valence-electron chi connectivity index (χ4n) is 2.57. The van der Waals surface area contributed by atoms with E-state index in [1.165, 1.54) is 25.7 Å². The molecule has 0 aliphatic carbocycles. The second-order valence-electron chi connectivity index (χ2n) is 4.90. The third kappa shape index (κ3) is 2.47. The van der Waals surface area contributed by atoms with Gasteiger partial charge >= 0.3 is 0 Å². The van der Waals surface area contributed by atoms with Crippen molar-refractivity contribution in [2.24, 2.45) is 0 Å². The van der Waals surface area contributed by atoms with Crippen molar-refractivity contribution in [2.75, 3.05) is 29.9 Å². The number of aromatic nitrogens is 4. The molecule has 1 fully saturated rings. The predicted molar refractivity (Wildman–Crippen MR) is 76.5 cm³/mol. The molecule has 3 rings (SSSR count). The number of anilines is 2. The monoisotopic (exact) mass is 260 g/mol. The number of nitrogens with zero attached hydrogens (tertiary/aromatic N) is 4. The average Bonchev–Trinajstić information content (AvgIpc) is 2.72. The highest BCUT2D eigenvalue weighted by atomic mass is 15.2. The third-order valence-corrected chi connectivity index (χ3v) is 3.51. The number of hydrogen-bond donors (Lipinski definition) is 2. The zero-order valence-corrected chi connectivity index (χ0v) is 11.3. The summed E-state index contributed by atoms with van der Waals surface area (Å²) >= 11 is 0. The van der Waals surface area contributed by atoms with Crippen molar-refractivity contribution in [1.29, 1.82) is 0 Å². The van der Waals surface area contributed by atoms with E-state index < -0.39 is 0 Å². The van der Waals surface area contributed by atoms with E-state index in [0.29, 0.717) is 5.95 Å². The Morgan fingerprint density at radius 2 is 2.00 bits per heavy atom. The minimum Gasteiger partial charge on any atom is -0.355 e. The summed E-state index contributed by atoms with van der Waals surface area (Å²) in [6.45, 7) is 4.99. The highest BCUT2D eigenvalue weighted by molar-refractivity contribution is 5.84. The van der Waals surface area contributed by atoms with Crippen molar-refractivity contribution < 1.29 is 0 Å². The van der Waals surface area contributed by atoms with E-state index in [9.17, 15) is 0 Å². The molecule has 0 atom stereocenters. The molecule has 1 aliphatic heterocycles. The first-order chi connectivity index (χ1) is 9.38. The van der Waals surface area contributed by atoms with Gasteiger partial charge in [-0.15, -0.1) is 0 Å². The number of H-pyrrole nitrogens is 1. The molecular formula is C13H20N6. The molecule has 102 valence electrons. The predicted octanol–water partition coefficient (Wildman–Crippen LogP) is 2.17. The van der Waals surface area contributed by atoms with E-state index >= 15 is 0 Å². The molecule has 2 N–H and O–H groups in total. The lowest BCUT2D eigenvalue weighted by atomic mass is 10.2. The molecule has 2 aromatic rings. The summed E-state index contributed by atoms with van der Waals surface area (Å²) in [4.78, 5) is 18.9. The van der Waals surface area contributed by atoms with Crippen LogP contribution in [-0.4, -0.2) is 39.6 Å². The molecule has 19 heavy (non-hydrogen) atoms. The lowest BCUT2D eigenvalue weighted by Crippen LogP contribution is -2.25. The molecule has 6 nitrogen and oxygen atoms in total. The number of rotatable bonds is 3. The maximum atomic E-state index is 4.66. The quantitative estimate of drug-likeness (QED) is 0.885. The van der Waals surface area contributed by atoms with Crippen molar-refractivity contribution >= 4 is 22.9 Å². The van der Waals surface area contributed by atoms with Gasteiger partial charge in [0.2, 0.25) is 5.95 Å². The van der Waals surface area contributed by atoms with Crippen LogP contribution in [0.15, 0.2) is 6.33 Å². The lowest BCUT2D eigenvalue weighted by molar-refractivity contribution is 0.726. The van der Waals surface area contributed by atoms with E-state index in [4.69, 9.17) is 0 Å². The highest BCUT2D eigenvalue weighted by Crippen LogP contribution is 2.25. The minimum atomic E-state index is 0.668. The molecule has 0 spiro atoms. The van der Waals surface area contributed by atoms with Gasteiger partial charge in [-0.3, -0.25) is 0 Å². The number of aromatic amines is 1. The second kappa shape index (κ2) is 5.42. The fourth-order valence-corrected chi connectivity index (χ4v) is 2.57. The summed E-state index contributed by atoms with van der Waals surface area (Å²) < 4.78 is 0. The minimum absolute atomic E-state index is 0.668. The molecule has 0 bridgehead atoms. The molecule has 1 saturated heterocycles. The maximum absolute atomic E-state index is 4.66. The summed E-state index contributed by atoms with van der Waals surface area (Å²) in [5.41, 5.74) is 1.69. The first-order valence-corrected chi connectivity index (χ1v) is 7.08. The van der Waals surface area contributed by atoms with Gasteiger partial charge in [0.15, 0.2) is 11.5 Å². The summed E-state index contributed by atoms with van der Waals surface area (Å²) in [6.07, 6.45) is 6.78. The van der Waals surface area contributed by atoms with Gasteiger partial charge in [-0.05, 0) is 19.8 Å². The molecule has 2 aromatic heterocycles. The molecule has 0 amide bonds. The fraction of sp³-hybridized carbons (Fsp3) is 0.615. The third-order valence-electron chi connectivity index (χ3n) is 3.51. The van der Waals surface area contributed by atoms with Crippen molar-refractivity contribution in [3.05, 3.63) is 6.33 Å². The molecule has 1 aliphatic rings. The zero-order chi connectivity index (χ0) is 13.1. The normalized spacial score (nSPS) is 16.6. The van der Waals surface area contributed by atoms with Crippen LogP contribution in [0.3, 0.4) is 0 Å². The van der Waals surface area contributed by atoms with Crippen LogP contribution in [0.5, 0.6) is 0 Å². The number of nitrogens with one attached hydrogen (secondary N) is 2. The Kier molecular flexibility index (Phi) is 3.48. The molecule has 0 aromatic carbocycles. The Morgan fingerprint density at radius 3 is 2.74 bits per heavy atom. The van der Waals surface area contributed by atoms with Gasteiger partial charge in [0.25, 0.3) is 0 Å².